The zero-order valence-electron chi connectivity index (χ0n) is 31.5. The second kappa shape index (κ2) is 11.9. The molecule has 9 rings (SSSR count). The molecule has 0 atom stereocenters. The van der Waals surface area contributed by atoms with Gasteiger partial charge in [-0.1, -0.05) is 72.8 Å². The van der Waals surface area contributed by atoms with E-state index in [1.54, 1.807) is 0 Å². The van der Waals surface area contributed by atoms with E-state index >= 15 is 0 Å². The Morgan fingerprint density at radius 3 is 0.635 bits per heavy atom. The molecule has 0 unspecified atom stereocenters. The zero-order chi connectivity index (χ0) is 36.0. The van der Waals surface area contributed by atoms with Gasteiger partial charge in [0, 0.05) is 0 Å². The van der Waals surface area contributed by atoms with Crippen LogP contribution in [0.2, 0.25) is 0 Å². The molecule has 0 N–H and O–H groups in total. The Bertz CT molecular complexity index is 2440. The topological polar surface area (TPSA) is 0 Å². The quantitative estimate of drug-likeness (QED) is 0.129. The van der Waals surface area contributed by atoms with Crippen LogP contribution < -0.4 is 0 Å². The Labute approximate surface area is 307 Å². The normalized spacial score (nSPS) is 11.8. The molecule has 0 heterocycles. The highest BCUT2D eigenvalue weighted by atomic mass is 14.2. The molecule has 9 aromatic carbocycles. The van der Waals surface area contributed by atoms with E-state index in [0.29, 0.717) is 0 Å². The van der Waals surface area contributed by atoms with Crippen LogP contribution in [-0.2, 0) is 0 Å². The molecule has 0 heteroatoms. The van der Waals surface area contributed by atoms with Gasteiger partial charge in [0.25, 0.3) is 0 Å². The van der Waals surface area contributed by atoms with E-state index in [0.717, 1.165) is 0 Å². The first-order valence-corrected chi connectivity index (χ1v) is 18.6. The maximum Gasteiger partial charge on any atom is -0.00255 e. The van der Waals surface area contributed by atoms with Gasteiger partial charge >= 0.3 is 0 Å². The first-order valence-electron chi connectivity index (χ1n) is 18.6. The van der Waals surface area contributed by atoms with E-state index in [-0.39, 0.29) is 0 Å². The highest BCUT2D eigenvalue weighted by molar-refractivity contribution is 6.35. The molecule has 0 aliphatic rings. The molecule has 0 saturated carbocycles. The van der Waals surface area contributed by atoms with E-state index in [4.69, 9.17) is 0 Å². The molecule has 0 spiro atoms. The van der Waals surface area contributed by atoms with Crippen LogP contribution in [0.15, 0.2) is 121 Å². The van der Waals surface area contributed by atoms with Gasteiger partial charge in [-0.3, -0.25) is 0 Å². The fourth-order valence-electron chi connectivity index (χ4n) is 9.54. The van der Waals surface area contributed by atoms with Gasteiger partial charge in [-0.05, 0) is 236 Å². The van der Waals surface area contributed by atoms with Crippen LogP contribution in [-0.4, -0.2) is 0 Å². The lowest BCUT2D eigenvalue weighted by Crippen LogP contribution is -1.96. The van der Waals surface area contributed by atoms with Gasteiger partial charge < -0.3 is 0 Å². The van der Waals surface area contributed by atoms with E-state index < -0.39 is 0 Å². The standard InChI is InChI=1S/C52H44/c1-29-13-9-14-30(2)47(29)39-21-37-22-40(48-31(3)15-10-16-32(48)4)27-45-46-28-42(50-35(7)19-12-20-36(50)8)24-38-23-41(49-33(5)17-11-18-34(49)6)26-44(52(38)46)43(25-39)51(37)45/h9-28H,1-8H3. The van der Waals surface area contributed by atoms with Gasteiger partial charge in [-0.25, -0.2) is 0 Å². The van der Waals surface area contributed by atoms with Gasteiger partial charge in [0.1, 0.15) is 0 Å². The summed E-state index contributed by atoms with van der Waals surface area (Å²) < 4.78 is 0. The van der Waals surface area contributed by atoms with Gasteiger partial charge in [0.05, 0.1) is 0 Å². The summed E-state index contributed by atoms with van der Waals surface area (Å²) >= 11 is 0. The van der Waals surface area contributed by atoms with E-state index in [2.05, 4.69) is 177 Å². The van der Waals surface area contributed by atoms with E-state index in [9.17, 15) is 0 Å². The zero-order valence-corrected chi connectivity index (χ0v) is 31.5. The fraction of sp³-hybridized carbons (Fsp3) is 0.154. The number of fused-ring (bicyclic) bond motifs is 2. The largest absolute Gasteiger partial charge is 0.0617 e. The lowest BCUT2D eigenvalue weighted by Gasteiger charge is -2.22. The van der Waals surface area contributed by atoms with Crippen molar-refractivity contribution in [2.24, 2.45) is 0 Å². The molecule has 0 saturated heterocycles. The smallest absolute Gasteiger partial charge is 0.00255 e. The Hall–Kier alpha value is -5.72. The third-order valence-electron chi connectivity index (χ3n) is 11.8. The molecule has 0 aromatic heterocycles. The van der Waals surface area contributed by atoms with E-state index in [1.807, 2.05) is 0 Å². The molecule has 0 radical (unpaired) electrons. The lowest BCUT2D eigenvalue weighted by molar-refractivity contribution is 1.38. The van der Waals surface area contributed by atoms with Crippen LogP contribution in [0.4, 0.5) is 0 Å². The van der Waals surface area contributed by atoms with Crippen molar-refractivity contribution < 1.29 is 0 Å². The van der Waals surface area contributed by atoms with Crippen LogP contribution in [0.3, 0.4) is 0 Å². The second-order valence-electron chi connectivity index (χ2n) is 15.4. The highest BCUT2D eigenvalue weighted by Gasteiger charge is 2.21. The summed E-state index contributed by atoms with van der Waals surface area (Å²) in [6.45, 7) is 18.0. The summed E-state index contributed by atoms with van der Waals surface area (Å²) in [6, 6.07) is 46.5. The number of hydrogen-bond donors (Lipinski definition) is 0. The maximum atomic E-state index is 2.49. The SMILES string of the molecule is Cc1cccc(C)c1-c1cc2cc(-c3c(C)cccc3C)cc3c4cc(-c5c(C)cccc5C)cc5cc(-c6c(C)cccc6C)cc(c(c1)c23)c54. The van der Waals surface area contributed by atoms with Crippen molar-refractivity contribution in [2.75, 3.05) is 0 Å². The third-order valence-corrected chi connectivity index (χ3v) is 11.8. The average molecular weight is 669 g/mol. The number of aryl methyl sites for hydroxylation is 8. The molecule has 252 valence electrons. The predicted octanol–water partition coefficient (Wildman–Crippen LogP) is 14.9. The molecule has 52 heavy (non-hydrogen) atoms. The van der Waals surface area contributed by atoms with Crippen molar-refractivity contribution in [1.29, 1.82) is 0 Å². The second-order valence-corrected chi connectivity index (χ2v) is 15.4. The van der Waals surface area contributed by atoms with Crippen molar-refractivity contribution in [3.63, 3.8) is 0 Å². The van der Waals surface area contributed by atoms with E-state index in [1.165, 1.54) is 132 Å². The molecular formula is C52H44. The van der Waals surface area contributed by atoms with Gasteiger partial charge in [-0.15, -0.1) is 0 Å². The number of hydrogen-bond acceptors (Lipinski definition) is 0. The predicted molar refractivity (Wildman–Crippen MR) is 227 cm³/mol. The Balaban J connectivity index is 1.53. The number of benzene rings is 9. The molecule has 0 aliphatic heterocycles. The summed E-state index contributed by atoms with van der Waals surface area (Å²) in [4.78, 5) is 0. The molecule has 0 bridgehead atoms. The Morgan fingerprint density at radius 2 is 0.442 bits per heavy atom. The molecule has 0 amide bonds. The van der Waals surface area contributed by atoms with Crippen molar-refractivity contribution >= 4 is 43.1 Å². The van der Waals surface area contributed by atoms with Crippen LogP contribution in [0.1, 0.15) is 44.5 Å². The minimum atomic E-state index is 1.28. The van der Waals surface area contributed by atoms with Crippen LogP contribution in [0, 0.1) is 55.4 Å². The van der Waals surface area contributed by atoms with Gasteiger partial charge in [0.15, 0.2) is 0 Å². The highest BCUT2D eigenvalue weighted by Crippen LogP contribution is 2.48. The summed E-state index contributed by atoms with van der Waals surface area (Å²) in [6.07, 6.45) is 0. The third kappa shape index (κ3) is 4.89. The fourth-order valence-corrected chi connectivity index (χ4v) is 9.54. The molecule has 0 nitrogen and oxygen atoms in total. The van der Waals surface area contributed by atoms with Crippen molar-refractivity contribution in [3.05, 3.63) is 166 Å². The van der Waals surface area contributed by atoms with Crippen LogP contribution in [0.25, 0.3) is 87.6 Å². The van der Waals surface area contributed by atoms with Crippen molar-refractivity contribution in [1.82, 2.24) is 0 Å². The molecule has 0 aliphatic carbocycles. The average Bonchev–Trinajstić information content (AvgIpc) is 3.09. The minimum absolute atomic E-state index is 1.28. The van der Waals surface area contributed by atoms with Crippen molar-refractivity contribution in [2.45, 2.75) is 55.4 Å². The minimum Gasteiger partial charge on any atom is -0.0617 e. The monoisotopic (exact) mass is 668 g/mol. The summed E-state index contributed by atoms with van der Waals surface area (Å²) in [5, 5.41) is 10.6. The molecular weight excluding hydrogens is 625 g/mol. The first kappa shape index (κ1) is 32.2. The summed E-state index contributed by atoms with van der Waals surface area (Å²) in [5.74, 6) is 0. The Kier molecular flexibility index (Phi) is 7.39. The van der Waals surface area contributed by atoms with Crippen molar-refractivity contribution in [3.8, 4) is 44.5 Å². The maximum absolute atomic E-state index is 2.49. The molecule has 9 aromatic rings. The van der Waals surface area contributed by atoms with Gasteiger partial charge in [-0.2, -0.15) is 0 Å². The Morgan fingerprint density at radius 1 is 0.250 bits per heavy atom. The summed E-state index contributed by atoms with van der Waals surface area (Å²) in [5.41, 5.74) is 20.9. The van der Waals surface area contributed by atoms with Crippen LogP contribution >= 0.6 is 0 Å². The number of rotatable bonds is 4. The molecule has 0 fully saturated rings. The first-order chi connectivity index (χ1) is 25.1. The lowest BCUT2D eigenvalue weighted by atomic mass is 9.82. The van der Waals surface area contributed by atoms with Crippen LogP contribution in [0.5, 0.6) is 0 Å². The summed E-state index contributed by atoms with van der Waals surface area (Å²) in [7, 11) is 0. The van der Waals surface area contributed by atoms with Gasteiger partial charge in [0.2, 0.25) is 0 Å².